The fourth-order valence-electron chi connectivity index (χ4n) is 5.74. The Bertz CT molecular complexity index is 1320. The van der Waals surface area contributed by atoms with Crippen LogP contribution in [0.5, 0.6) is 11.5 Å². The van der Waals surface area contributed by atoms with E-state index in [9.17, 15) is 14.7 Å². The molecule has 0 saturated carbocycles. The number of aliphatic hydroxyl groups is 1. The Balaban J connectivity index is 1.14. The van der Waals surface area contributed by atoms with Gasteiger partial charge in [0.15, 0.2) is 0 Å². The number of rotatable bonds is 8. The highest BCUT2D eigenvalue weighted by molar-refractivity contribution is 6.25. The first kappa shape index (κ1) is 27.2. The predicted octanol–water partition coefficient (Wildman–Crippen LogP) is 4.89. The molecule has 1 N–H and O–H groups in total. The number of β-amino-alcohol motifs (C(OH)–C–C–N with tert-alkyl or cyclic N) is 1. The van der Waals surface area contributed by atoms with Crippen LogP contribution in [0.4, 0.5) is 0 Å². The first-order valence-electron chi connectivity index (χ1n) is 13.8. The monoisotopic (exact) mass is 530 g/mol. The molecule has 7 nitrogen and oxygen atoms in total. The Morgan fingerprint density at radius 2 is 1.62 bits per heavy atom. The quantitative estimate of drug-likeness (QED) is 0.418. The number of aliphatic hydroxyl groups excluding tert-OH is 1. The van der Waals surface area contributed by atoms with Crippen LogP contribution < -0.4 is 9.47 Å². The van der Waals surface area contributed by atoms with E-state index >= 15 is 0 Å². The molecule has 1 fully saturated rings. The van der Waals surface area contributed by atoms with E-state index in [1.54, 1.807) is 7.11 Å². The van der Waals surface area contributed by atoms with Crippen LogP contribution in [0.15, 0.2) is 54.6 Å². The van der Waals surface area contributed by atoms with Gasteiger partial charge in [0, 0.05) is 35.2 Å². The fourth-order valence-corrected chi connectivity index (χ4v) is 5.74. The van der Waals surface area contributed by atoms with Crippen LogP contribution in [0, 0.1) is 5.92 Å². The number of nitrogens with zero attached hydrogens (tertiary/aromatic N) is 2. The lowest BCUT2D eigenvalue weighted by Gasteiger charge is -2.36. The van der Waals surface area contributed by atoms with Crippen molar-refractivity contribution in [1.29, 1.82) is 0 Å². The molecule has 3 aromatic carbocycles. The minimum atomic E-state index is -0.626. The van der Waals surface area contributed by atoms with Gasteiger partial charge in [-0.2, -0.15) is 0 Å². The van der Waals surface area contributed by atoms with Crippen LogP contribution >= 0.6 is 0 Å². The van der Waals surface area contributed by atoms with E-state index in [0.29, 0.717) is 24.2 Å². The van der Waals surface area contributed by atoms with Gasteiger partial charge in [0.1, 0.15) is 24.2 Å². The lowest BCUT2D eigenvalue weighted by molar-refractivity contribution is 0.0451. The third kappa shape index (κ3) is 5.65. The number of methoxy groups -OCH3 is 1. The van der Waals surface area contributed by atoms with Gasteiger partial charge in [-0.3, -0.25) is 14.5 Å². The highest BCUT2D eigenvalue weighted by atomic mass is 16.5. The molecule has 5 rings (SSSR count). The Morgan fingerprint density at radius 1 is 0.974 bits per heavy atom. The first-order valence-corrected chi connectivity index (χ1v) is 13.8. The van der Waals surface area contributed by atoms with E-state index in [2.05, 4.69) is 25.7 Å². The van der Waals surface area contributed by atoms with Gasteiger partial charge < -0.3 is 19.5 Å². The van der Waals surface area contributed by atoms with Crippen LogP contribution in [0.2, 0.25) is 0 Å². The second-order valence-electron chi connectivity index (χ2n) is 11.8. The van der Waals surface area contributed by atoms with Crippen LogP contribution in [0.3, 0.4) is 0 Å². The Kier molecular flexibility index (Phi) is 7.65. The molecule has 1 atom stereocenters. The molecule has 0 unspecified atom stereocenters. The maximum Gasteiger partial charge on any atom is 0.261 e. The predicted molar refractivity (Wildman–Crippen MR) is 152 cm³/mol. The largest absolute Gasteiger partial charge is 0.497 e. The zero-order valence-electron chi connectivity index (χ0n) is 23.3. The van der Waals surface area contributed by atoms with Crippen molar-refractivity contribution in [2.24, 2.45) is 5.92 Å². The van der Waals surface area contributed by atoms with Gasteiger partial charge in [0.05, 0.1) is 7.11 Å². The van der Waals surface area contributed by atoms with Gasteiger partial charge in [0.2, 0.25) is 0 Å². The zero-order valence-corrected chi connectivity index (χ0v) is 23.3. The summed E-state index contributed by atoms with van der Waals surface area (Å²) in [5.41, 5.74) is 2.13. The average molecular weight is 531 g/mol. The lowest BCUT2D eigenvalue weighted by atomic mass is 9.86. The summed E-state index contributed by atoms with van der Waals surface area (Å²) >= 11 is 0. The Hall–Kier alpha value is -3.42. The van der Waals surface area contributed by atoms with Crippen molar-refractivity contribution in [2.45, 2.75) is 45.1 Å². The number of amides is 2. The SMILES string of the molecule is COc1ccc(OC[C@H](O)CN2CCC(CN3C(=O)c4cccc5cccc(c45)C3=O)CC2)c(C(C)(C)C)c1. The topological polar surface area (TPSA) is 79.3 Å². The second kappa shape index (κ2) is 11.0. The molecular formula is C32H38N2O5. The number of ether oxygens (including phenoxy) is 2. The van der Waals surface area contributed by atoms with Crippen molar-refractivity contribution in [3.05, 3.63) is 71.3 Å². The highest BCUT2D eigenvalue weighted by Crippen LogP contribution is 2.35. The average Bonchev–Trinajstić information content (AvgIpc) is 2.93. The molecule has 206 valence electrons. The van der Waals surface area contributed by atoms with Crippen LogP contribution in [-0.4, -0.2) is 72.7 Å². The molecule has 3 aromatic rings. The van der Waals surface area contributed by atoms with Crippen molar-refractivity contribution in [1.82, 2.24) is 9.80 Å². The smallest absolute Gasteiger partial charge is 0.261 e. The summed E-state index contributed by atoms with van der Waals surface area (Å²) < 4.78 is 11.4. The van der Waals surface area contributed by atoms with E-state index < -0.39 is 6.10 Å². The van der Waals surface area contributed by atoms with Crippen molar-refractivity contribution >= 4 is 22.6 Å². The number of hydrogen-bond acceptors (Lipinski definition) is 6. The van der Waals surface area contributed by atoms with Gasteiger partial charge in [0.25, 0.3) is 11.8 Å². The molecule has 0 aliphatic carbocycles. The first-order chi connectivity index (χ1) is 18.7. The minimum Gasteiger partial charge on any atom is -0.497 e. The summed E-state index contributed by atoms with van der Waals surface area (Å²) in [6.45, 7) is 9.13. The maximum absolute atomic E-state index is 13.2. The standard InChI is InChI=1S/C32H38N2O5/c1-32(2,3)27-17-24(38-4)11-12-28(27)39-20-23(35)19-33-15-13-21(14-16-33)18-34-30(36)25-9-5-7-22-8-6-10-26(29(22)25)31(34)37/h5-12,17,21,23,35H,13-16,18-20H2,1-4H3/t23-/m1/s1. The summed E-state index contributed by atoms with van der Waals surface area (Å²) in [7, 11) is 1.65. The maximum atomic E-state index is 13.2. The second-order valence-corrected chi connectivity index (χ2v) is 11.8. The normalized spacial score (nSPS) is 17.5. The summed E-state index contributed by atoms with van der Waals surface area (Å²) in [6.07, 6.45) is 1.10. The summed E-state index contributed by atoms with van der Waals surface area (Å²) in [5.74, 6) is 1.37. The molecule has 2 aliphatic rings. The number of carbonyl (C=O) groups is 2. The Labute approximate surface area is 230 Å². The fraction of sp³-hybridized carbons (Fsp3) is 0.438. The number of carbonyl (C=O) groups excluding carboxylic acids is 2. The van der Waals surface area contributed by atoms with Crippen LogP contribution in [-0.2, 0) is 5.41 Å². The van der Waals surface area contributed by atoms with Crippen molar-refractivity contribution in [2.75, 3.05) is 39.9 Å². The van der Waals surface area contributed by atoms with E-state index in [1.165, 1.54) is 4.90 Å². The molecule has 7 heteroatoms. The molecular weight excluding hydrogens is 492 g/mol. The highest BCUT2D eigenvalue weighted by Gasteiger charge is 2.35. The molecule has 39 heavy (non-hydrogen) atoms. The molecule has 2 aliphatic heterocycles. The summed E-state index contributed by atoms with van der Waals surface area (Å²) in [6, 6.07) is 17.0. The van der Waals surface area contributed by atoms with E-state index in [4.69, 9.17) is 9.47 Å². The van der Waals surface area contributed by atoms with Gasteiger partial charge in [-0.15, -0.1) is 0 Å². The van der Waals surface area contributed by atoms with Crippen molar-refractivity contribution in [3.8, 4) is 11.5 Å². The van der Waals surface area contributed by atoms with E-state index in [-0.39, 0.29) is 29.8 Å². The summed E-state index contributed by atoms with van der Waals surface area (Å²) in [4.78, 5) is 30.2. The van der Waals surface area contributed by atoms with Crippen LogP contribution in [0.1, 0.15) is 59.9 Å². The minimum absolute atomic E-state index is 0.123. The van der Waals surface area contributed by atoms with Gasteiger partial charge in [-0.1, -0.05) is 45.0 Å². The van der Waals surface area contributed by atoms with E-state index in [1.807, 2.05) is 54.6 Å². The number of likely N-dealkylation sites (tertiary alicyclic amines) is 1. The van der Waals surface area contributed by atoms with Crippen molar-refractivity contribution in [3.63, 3.8) is 0 Å². The Morgan fingerprint density at radius 3 is 2.21 bits per heavy atom. The van der Waals surface area contributed by atoms with Gasteiger partial charge in [-0.25, -0.2) is 0 Å². The molecule has 1 saturated heterocycles. The molecule has 2 amide bonds. The third-order valence-corrected chi connectivity index (χ3v) is 7.90. The molecule has 0 spiro atoms. The molecule has 0 radical (unpaired) electrons. The third-order valence-electron chi connectivity index (χ3n) is 7.90. The number of piperidine rings is 1. The molecule has 0 aromatic heterocycles. The number of hydrogen-bond donors (Lipinski definition) is 1. The molecule has 0 bridgehead atoms. The number of benzene rings is 3. The van der Waals surface area contributed by atoms with Crippen LogP contribution in [0.25, 0.3) is 10.8 Å². The summed E-state index contributed by atoms with van der Waals surface area (Å²) in [5, 5.41) is 12.4. The number of imide groups is 1. The zero-order chi connectivity index (χ0) is 27.7. The molecule has 2 heterocycles. The van der Waals surface area contributed by atoms with Gasteiger partial charge in [-0.05, 0) is 73.0 Å². The van der Waals surface area contributed by atoms with Crippen molar-refractivity contribution < 1.29 is 24.2 Å². The van der Waals surface area contributed by atoms with E-state index in [0.717, 1.165) is 53.8 Å². The lowest BCUT2D eigenvalue weighted by Crippen LogP contribution is -2.46. The van der Waals surface area contributed by atoms with Gasteiger partial charge >= 0.3 is 0 Å².